The predicted octanol–water partition coefficient (Wildman–Crippen LogP) is 4.39. The van der Waals surface area contributed by atoms with Crippen molar-refractivity contribution in [3.8, 4) is 11.1 Å². The van der Waals surface area contributed by atoms with Gasteiger partial charge in [0.05, 0.1) is 0 Å². The maximum Gasteiger partial charge on any atom is 0.326 e. The quantitative estimate of drug-likeness (QED) is 0.664. The lowest BCUT2D eigenvalue weighted by Gasteiger charge is -2.14. The lowest BCUT2D eigenvalue weighted by atomic mass is 10.0. The molecule has 1 N–H and O–H groups in total. The monoisotopic (exact) mass is 359 g/mol. The zero-order valence-corrected chi connectivity index (χ0v) is 15.1. The van der Waals surface area contributed by atoms with E-state index in [1.807, 2.05) is 72.8 Å². The Labute approximate surface area is 158 Å². The fourth-order valence-corrected chi connectivity index (χ4v) is 2.73. The van der Waals surface area contributed by atoms with Crippen LogP contribution in [0.3, 0.4) is 0 Å². The molecule has 0 saturated carbocycles. The second-order valence-corrected chi connectivity index (χ2v) is 6.17. The molecule has 0 aromatic heterocycles. The number of benzene rings is 3. The van der Waals surface area contributed by atoms with Gasteiger partial charge in [-0.1, -0.05) is 72.8 Å². The second-order valence-electron chi connectivity index (χ2n) is 6.17. The maximum absolute atomic E-state index is 12.2. The van der Waals surface area contributed by atoms with Crippen molar-refractivity contribution in [1.82, 2.24) is 5.32 Å². The highest BCUT2D eigenvalue weighted by Gasteiger charge is 2.13. The van der Waals surface area contributed by atoms with Gasteiger partial charge in [-0.15, -0.1) is 0 Å². The van der Waals surface area contributed by atoms with Crippen LogP contribution < -0.4 is 5.32 Å². The van der Waals surface area contributed by atoms with Gasteiger partial charge < -0.3 is 10.1 Å². The average Bonchev–Trinajstić information content (AvgIpc) is 2.73. The van der Waals surface area contributed by atoms with E-state index in [-0.39, 0.29) is 18.6 Å². The number of amides is 1. The summed E-state index contributed by atoms with van der Waals surface area (Å²) in [5.74, 6) is -0.778. The third-order valence-electron chi connectivity index (χ3n) is 4.22. The highest BCUT2D eigenvalue weighted by atomic mass is 16.5. The van der Waals surface area contributed by atoms with Crippen molar-refractivity contribution in [3.63, 3.8) is 0 Å². The Morgan fingerprint density at radius 1 is 0.815 bits per heavy atom. The molecule has 0 bridgehead atoms. The Morgan fingerprint density at radius 2 is 1.37 bits per heavy atom. The van der Waals surface area contributed by atoms with Gasteiger partial charge in [0.25, 0.3) is 5.91 Å². The molecule has 3 rings (SSSR count). The zero-order valence-electron chi connectivity index (χ0n) is 15.1. The van der Waals surface area contributed by atoms with Crippen LogP contribution in [0, 0.1) is 0 Å². The van der Waals surface area contributed by atoms with Gasteiger partial charge in [-0.3, -0.25) is 9.59 Å². The van der Waals surface area contributed by atoms with Gasteiger partial charge in [0, 0.05) is 5.56 Å². The highest BCUT2D eigenvalue weighted by molar-refractivity contribution is 5.96. The summed E-state index contributed by atoms with van der Waals surface area (Å²) in [6, 6.07) is 26.7. The molecule has 0 aliphatic heterocycles. The molecule has 0 unspecified atom stereocenters. The van der Waals surface area contributed by atoms with Gasteiger partial charge in [-0.2, -0.15) is 0 Å². The summed E-state index contributed by atoms with van der Waals surface area (Å²) in [4.78, 5) is 24.2. The van der Waals surface area contributed by atoms with Crippen LogP contribution in [-0.4, -0.2) is 18.4 Å². The average molecular weight is 359 g/mol. The molecule has 1 atom stereocenters. The van der Waals surface area contributed by atoms with Crippen molar-refractivity contribution in [2.75, 3.05) is 6.54 Å². The zero-order chi connectivity index (χ0) is 19.1. The normalized spacial score (nSPS) is 11.4. The van der Waals surface area contributed by atoms with Crippen LogP contribution in [-0.2, 0) is 9.53 Å². The summed E-state index contributed by atoms with van der Waals surface area (Å²) < 4.78 is 5.35. The Hall–Kier alpha value is -3.40. The summed E-state index contributed by atoms with van der Waals surface area (Å²) in [6.45, 7) is 1.63. The van der Waals surface area contributed by atoms with Crippen LogP contribution in [0.2, 0.25) is 0 Å². The minimum Gasteiger partial charge on any atom is -0.456 e. The Bertz CT molecular complexity index is 890. The van der Waals surface area contributed by atoms with Crippen molar-refractivity contribution in [2.24, 2.45) is 0 Å². The molecule has 4 nitrogen and oxygen atoms in total. The number of carbonyl (C=O) groups is 2. The molecule has 0 saturated heterocycles. The van der Waals surface area contributed by atoms with Gasteiger partial charge in [0.15, 0.2) is 0 Å². The minimum absolute atomic E-state index is 0.170. The highest BCUT2D eigenvalue weighted by Crippen LogP contribution is 2.19. The third kappa shape index (κ3) is 5.05. The van der Waals surface area contributed by atoms with Crippen LogP contribution in [0.25, 0.3) is 11.1 Å². The van der Waals surface area contributed by atoms with E-state index in [2.05, 4.69) is 5.32 Å². The molecule has 27 heavy (non-hydrogen) atoms. The Kier molecular flexibility index (Phi) is 6.00. The number of hydrogen-bond donors (Lipinski definition) is 1. The van der Waals surface area contributed by atoms with E-state index < -0.39 is 5.97 Å². The number of carbonyl (C=O) groups excluding carboxylic acids is 2. The molecule has 0 aliphatic rings. The van der Waals surface area contributed by atoms with Crippen LogP contribution in [0.15, 0.2) is 84.9 Å². The number of esters is 1. The molecule has 0 fully saturated rings. The molecule has 4 heteroatoms. The molecular formula is C23H21NO3. The summed E-state index contributed by atoms with van der Waals surface area (Å²) in [7, 11) is 0. The number of nitrogens with one attached hydrogen (secondary N) is 1. The summed E-state index contributed by atoms with van der Waals surface area (Å²) in [5.41, 5.74) is 3.53. The lowest BCUT2D eigenvalue weighted by molar-refractivity contribution is -0.147. The van der Waals surface area contributed by atoms with Gasteiger partial charge in [0.2, 0.25) is 0 Å². The summed E-state index contributed by atoms with van der Waals surface area (Å²) >= 11 is 0. The summed E-state index contributed by atoms with van der Waals surface area (Å²) in [5, 5.41) is 2.60. The first-order valence-electron chi connectivity index (χ1n) is 8.81. The number of ether oxygens (including phenoxy) is 1. The first-order valence-corrected chi connectivity index (χ1v) is 8.81. The smallest absolute Gasteiger partial charge is 0.326 e. The molecule has 136 valence electrons. The Morgan fingerprint density at radius 3 is 2.00 bits per heavy atom. The van der Waals surface area contributed by atoms with Crippen LogP contribution >= 0.6 is 0 Å². The largest absolute Gasteiger partial charge is 0.456 e. The lowest BCUT2D eigenvalue weighted by Crippen LogP contribution is -2.31. The summed E-state index contributed by atoms with van der Waals surface area (Å²) in [6.07, 6.45) is -0.360. The van der Waals surface area contributed by atoms with Crippen molar-refractivity contribution < 1.29 is 14.3 Å². The topological polar surface area (TPSA) is 55.4 Å². The molecule has 0 spiro atoms. The molecule has 0 aliphatic carbocycles. The maximum atomic E-state index is 12.2. The van der Waals surface area contributed by atoms with Gasteiger partial charge >= 0.3 is 5.97 Å². The van der Waals surface area contributed by atoms with Crippen LogP contribution in [0.5, 0.6) is 0 Å². The van der Waals surface area contributed by atoms with Crippen molar-refractivity contribution in [1.29, 1.82) is 0 Å². The predicted molar refractivity (Wildman–Crippen MR) is 105 cm³/mol. The van der Waals surface area contributed by atoms with Crippen LogP contribution in [0.1, 0.15) is 28.9 Å². The van der Waals surface area contributed by atoms with E-state index >= 15 is 0 Å². The van der Waals surface area contributed by atoms with Crippen LogP contribution in [0.4, 0.5) is 0 Å². The van der Waals surface area contributed by atoms with Gasteiger partial charge in [-0.25, -0.2) is 0 Å². The fraction of sp³-hybridized carbons (Fsp3) is 0.130. The van der Waals surface area contributed by atoms with E-state index in [0.29, 0.717) is 5.56 Å². The second kappa shape index (κ2) is 8.81. The SMILES string of the molecule is C[C@@H](OC(=O)CNC(=O)c1ccc(-c2ccccc2)cc1)c1ccccc1. The molecule has 0 radical (unpaired) electrons. The molecular weight excluding hydrogens is 338 g/mol. The Balaban J connectivity index is 1.52. The third-order valence-corrected chi connectivity index (χ3v) is 4.22. The van der Waals surface area contributed by atoms with Crippen molar-refractivity contribution >= 4 is 11.9 Å². The standard InChI is InChI=1S/C23H21NO3/c1-17(18-8-4-2-5-9-18)27-22(25)16-24-23(26)21-14-12-20(13-15-21)19-10-6-3-7-11-19/h2-15,17H,16H2,1H3,(H,24,26)/t17-/m1/s1. The van der Waals surface area contributed by atoms with Gasteiger partial charge in [-0.05, 0) is 35.7 Å². The molecule has 0 heterocycles. The number of hydrogen-bond acceptors (Lipinski definition) is 3. The van der Waals surface area contributed by atoms with E-state index in [4.69, 9.17) is 4.74 Å². The van der Waals surface area contributed by atoms with E-state index in [9.17, 15) is 9.59 Å². The fourth-order valence-electron chi connectivity index (χ4n) is 2.73. The molecule has 3 aromatic carbocycles. The van der Waals surface area contributed by atoms with E-state index in [0.717, 1.165) is 16.7 Å². The first-order chi connectivity index (χ1) is 13.1. The van der Waals surface area contributed by atoms with Gasteiger partial charge in [0.1, 0.15) is 12.6 Å². The molecule has 1 amide bonds. The number of rotatable bonds is 6. The van der Waals surface area contributed by atoms with E-state index in [1.54, 1.807) is 19.1 Å². The molecule has 3 aromatic rings. The minimum atomic E-state index is -0.472. The van der Waals surface area contributed by atoms with Crippen molar-refractivity contribution in [3.05, 3.63) is 96.1 Å². The van der Waals surface area contributed by atoms with Crippen molar-refractivity contribution in [2.45, 2.75) is 13.0 Å². The first kappa shape index (κ1) is 18.4. The van der Waals surface area contributed by atoms with E-state index in [1.165, 1.54) is 0 Å².